The van der Waals surface area contributed by atoms with E-state index in [1.165, 1.54) is 69.8 Å². The molecule has 0 saturated heterocycles. The van der Waals surface area contributed by atoms with Gasteiger partial charge in [0.2, 0.25) is 0 Å². The first-order valence-corrected chi connectivity index (χ1v) is 11.4. The van der Waals surface area contributed by atoms with Crippen LogP contribution in [-0.4, -0.2) is 6.61 Å². The minimum absolute atomic E-state index is 0.165. The van der Waals surface area contributed by atoms with Crippen LogP contribution in [0.4, 0.5) is 0 Å². The van der Waals surface area contributed by atoms with Crippen LogP contribution in [0, 0.1) is 29.1 Å². The van der Waals surface area contributed by atoms with Crippen LogP contribution >= 0.6 is 0 Å². The molecule has 1 unspecified atom stereocenters. The van der Waals surface area contributed by atoms with Crippen LogP contribution in [-0.2, 0) is 6.42 Å². The van der Waals surface area contributed by atoms with E-state index >= 15 is 0 Å². The van der Waals surface area contributed by atoms with E-state index in [0.717, 1.165) is 31.1 Å². The summed E-state index contributed by atoms with van der Waals surface area (Å²) in [6.07, 6.45) is 15.0. The monoisotopic (exact) mass is 369 g/mol. The number of hydrogen-bond acceptors (Lipinski definition) is 2. The lowest BCUT2D eigenvalue weighted by molar-refractivity contribution is 0.221. The second kappa shape index (κ2) is 12.8. The molecule has 150 valence electrons. The summed E-state index contributed by atoms with van der Waals surface area (Å²) >= 11 is 0. The lowest BCUT2D eigenvalue weighted by Gasteiger charge is -2.31. The molecule has 1 atom stereocenters. The van der Waals surface area contributed by atoms with E-state index in [1.807, 2.05) is 0 Å². The van der Waals surface area contributed by atoms with Gasteiger partial charge < -0.3 is 4.74 Å². The normalized spacial score (nSPS) is 20.8. The Kier molecular flexibility index (Phi) is 10.4. The van der Waals surface area contributed by atoms with Crippen molar-refractivity contribution in [2.24, 2.45) is 17.8 Å². The topological polar surface area (TPSA) is 33.0 Å². The van der Waals surface area contributed by atoms with Crippen LogP contribution in [0.5, 0.6) is 5.75 Å². The average Bonchev–Trinajstić information content (AvgIpc) is 2.72. The lowest BCUT2D eigenvalue weighted by Crippen LogP contribution is -2.22. The Morgan fingerprint density at radius 2 is 1.67 bits per heavy atom. The van der Waals surface area contributed by atoms with Crippen molar-refractivity contribution in [1.82, 2.24) is 0 Å². The van der Waals surface area contributed by atoms with Crippen LogP contribution in [0.3, 0.4) is 0 Å². The van der Waals surface area contributed by atoms with Gasteiger partial charge in [0.25, 0.3) is 0 Å². The van der Waals surface area contributed by atoms with E-state index in [4.69, 9.17) is 4.74 Å². The van der Waals surface area contributed by atoms with Gasteiger partial charge in [-0.3, -0.25) is 0 Å². The van der Waals surface area contributed by atoms with Crippen LogP contribution in [0.1, 0.15) is 90.0 Å². The highest BCUT2D eigenvalue weighted by Gasteiger charge is 2.27. The van der Waals surface area contributed by atoms with Gasteiger partial charge >= 0.3 is 0 Å². The zero-order chi connectivity index (χ0) is 19.3. The number of nitrogens with zero attached hydrogens (tertiary/aromatic N) is 1. The summed E-state index contributed by atoms with van der Waals surface area (Å²) in [4.78, 5) is 0. The first-order chi connectivity index (χ1) is 13.3. The Morgan fingerprint density at radius 1 is 0.963 bits per heavy atom. The number of unbranched alkanes of at least 4 members (excludes halogenated alkanes) is 4. The van der Waals surface area contributed by atoms with Crippen molar-refractivity contribution in [3.63, 3.8) is 0 Å². The van der Waals surface area contributed by atoms with Crippen LogP contribution in [0.15, 0.2) is 24.3 Å². The van der Waals surface area contributed by atoms with Crippen molar-refractivity contribution in [2.45, 2.75) is 90.9 Å². The van der Waals surface area contributed by atoms with Gasteiger partial charge in [-0.15, -0.1) is 0 Å². The van der Waals surface area contributed by atoms with E-state index in [0.29, 0.717) is 5.92 Å². The first kappa shape index (κ1) is 21.8. The van der Waals surface area contributed by atoms with Gasteiger partial charge in [0.05, 0.1) is 18.6 Å². The highest BCUT2D eigenvalue weighted by atomic mass is 16.5. The van der Waals surface area contributed by atoms with Gasteiger partial charge in [-0.1, -0.05) is 77.3 Å². The summed E-state index contributed by atoms with van der Waals surface area (Å²) < 4.78 is 5.83. The Bertz CT molecular complexity index is 536. The number of ether oxygens (including phenoxy) is 1. The highest BCUT2D eigenvalue weighted by Crippen LogP contribution is 2.36. The van der Waals surface area contributed by atoms with Gasteiger partial charge in [-0.25, -0.2) is 0 Å². The molecule has 0 aliphatic heterocycles. The summed E-state index contributed by atoms with van der Waals surface area (Å²) in [6, 6.07) is 11.1. The van der Waals surface area contributed by atoms with Gasteiger partial charge in [0.1, 0.15) is 5.75 Å². The van der Waals surface area contributed by atoms with Crippen LogP contribution in [0.25, 0.3) is 0 Å². The molecule has 1 saturated carbocycles. The molecule has 2 rings (SSSR count). The van der Waals surface area contributed by atoms with Gasteiger partial charge in [-0.05, 0) is 55.2 Å². The number of rotatable bonds is 12. The fourth-order valence-corrected chi connectivity index (χ4v) is 4.38. The summed E-state index contributed by atoms with van der Waals surface area (Å²) in [5, 5.41) is 9.71. The molecular weight excluding hydrogens is 330 g/mol. The summed E-state index contributed by atoms with van der Waals surface area (Å²) in [5.41, 5.74) is 1.27. The molecule has 0 spiro atoms. The maximum absolute atomic E-state index is 9.71. The molecule has 2 heteroatoms. The summed E-state index contributed by atoms with van der Waals surface area (Å²) in [5.74, 6) is 2.62. The van der Waals surface area contributed by atoms with Crippen molar-refractivity contribution < 1.29 is 4.74 Å². The smallest absolute Gasteiger partial charge is 0.119 e. The predicted octanol–water partition coefficient (Wildman–Crippen LogP) is 7.32. The van der Waals surface area contributed by atoms with E-state index < -0.39 is 0 Å². The van der Waals surface area contributed by atoms with Crippen LogP contribution < -0.4 is 4.74 Å². The molecule has 1 aliphatic carbocycles. The summed E-state index contributed by atoms with van der Waals surface area (Å²) in [6.45, 7) is 5.31. The molecular formula is C25H39NO. The van der Waals surface area contributed by atoms with E-state index in [-0.39, 0.29) is 5.92 Å². The number of nitriles is 1. The van der Waals surface area contributed by atoms with E-state index in [1.54, 1.807) is 0 Å². The molecule has 27 heavy (non-hydrogen) atoms. The Morgan fingerprint density at radius 3 is 2.30 bits per heavy atom. The Balaban J connectivity index is 1.75. The van der Waals surface area contributed by atoms with E-state index in [2.05, 4.69) is 44.2 Å². The molecule has 0 radical (unpaired) electrons. The molecule has 0 heterocycles. The minimum Gasteiger partial charge on any atom is -0.494 e. The second-order valence-electron chi connectivity index (χ2n) is 8.42. The average molecular weight is 370 g/mol. The van der Waals surface area contributed by atoms with Crippen molar-refractivity contribution in [2.75, 3.05) is 6.61 Å². The first-order valence-electron chi connectivity index (χ1n) is 11.4. The largest absolute Gasteiger partial charge is 0.494 e. The standard InChI is InChI=1S/C25H39NO/c1-3-5-7-8-18-27-25-16-12-22(13-17-25)19-24(20-26)23-14-10-21(11-15-23)9-6-4-2/h12-13,16-17,21,23-24H,3-11,14-15,18-19H2,1-2H3/t21-,23-,24?. The minimum atomic E-state index is 0.165. The molecule has 1 aliphatic rings. The molecule has 1 fully saturated rings. The quantitative estimate of drug-likeness (QED) is 0.361. The zero-order valence-electron chi connectivity index (χ0n) is 17.6. The molecule has 1 aromatic carbocycles. The fraction of sp³-hybridized carbons (Fsp3) is 0.720. The number of benzene rings is 1. The molecule has 0 aromatic heterocycles. The maximum atomic E-state index is 9.71. The van der Waals surface area contributed by atoms with Crippen molar-refractivity contribution in [1.29, 1.82) is 5.26 Å². The second-order valence-corrected chi connectivity index (χ2v) is 8.42. The van der Waals surface area contributed by atoms with Gasteiger partial charge in [-0.2, -0.15) is 5.26 Å². The zero-order valence-corrected chi connectivity index (χ0v) is 17.6. The fourth-order valence-electron chi connectivity index (χ4n) is 4.38. The van der Waals surface area contributed by atoms with Crippen molar-refractivity contribution in [3.8, 4) is 11.8 Å². The van der Waals surface area contributed by atoms with Gasteiger partial charge in [0.15, 0.2) is 0 Å². The highest BCUT2D eigenvalue weighted by molar-refractivity contribution is 5.28. The molecule has 2 nitrogen and oxygen atoms in total. The number of hydrogen-bond donors (Lipinski definition) is 0. The lowest BCUT2D eigenvalue weighted by atomic mass is 9.73. The third-order valence-corrected chi connectivity index (χ3v) is 6.24. The molecule has 0 bridgehead atoms. The molecule has 0 N–H and O–H groups in total. The summed E-state index contributed by atoms with van der Waals surface area (Å²) in [7, 11) is 0. The van der Waals surface area contributed by atoms with Gasteiger partial charge in [0, 0.05) is 0 Å². The van der Waals surface area contributed by atoms with E-state index in [9.17, 15) is 5.26 Å². The third kappa shape index (κ3) is 7.96. The Labute approximate surface area is 167 Å². The molecule has 1 aromatic rings. The Hall–Kier alpha value is -1.49. The van der Waals surface area contributed by atoms with Crippen molar-refractivity contribution >= 4 is 0 Å². The SMILES string of the molecule is CCCCCCOc1ccc(CC(C#N)[C@H]2CC[C@H](CCCC)CC2)cc1. The van der Waals surface area contributed by atoms with Crippen molar-refractivity contribution in [3.05, 3.63) is 29.8 Å². The molecule has 0 amide bonds. The maximum Gasteiger partial charge on any atom is 0.119 e. The third-order valence-electron chi connectivity index (χ3n) is 6.24. The van der Waals surface area contributed by atoms with Crippen LogP contribution in [0.2, 0.25) is 0 Å². The predicted molar refractivity (Wildman–Crippen MR) is 114 cm³/mol.